The second kappa shape index (κ2) is 14.8. The number of hydrogen-bond acceptors (Lipinski definition) is 4. The normalized spacial score (nSPS) is 12.4. The summed E-state index contributed by atoms with van der Waals surface area (Å²) in [6.07, 6.45) is 3.74. The molecule has 0 aliphatic carbocycles. The Morgan fingerprint density at radius 1 is 1.27 bits per heavy atom. The summed E-state index contributed by atoms with van der Waals surface area (Å²) >= 11 is 0. The van der Waals surface area contributed by atoms with E-state index < -0.39 is 0 Å². The monoisotopic (exact) mass is 479 g/mol. The molecule has 3 N–H and O–H groups in total. The molecule has 1 unspecified atom stereocenters. The predicted octanol–water partition coefficient (Wildman–Crippen LogP) is 2.30. The van der Waals surface area contributed by atoms with Crippen molar-refractivity contribution < 1.29 is 9.21 Å². The summed E-state index contributed by atoms with van der Waals surface area (Å²) in [7, 11) is 1.75. The Morgan fingerprint density at radius 3 is 2.54 bits per heavy atom. The van der Waals surface area contributed by atoms with Gasteiger partial charge in [-0.15, -0.1) is 24.0 Å². The van der Waals surface area contributed by atoms with Crippen LogP contribution in [0.25, 0.3) is 0 Å². The summed E-state index contributed by atoms with van der Waals surface area (Å²) in [5, 5.41) is 9.38. The van der Waals surface area contributed by atoms with Crippen molar-refractivity contribution in [1.29, 1.82) is 0 Å². The zero-order valence-electron chi connectivity index (χ0n) is 16.4. The van der Waals surface area contributed by atoms with E-state index in [1.165, 1.54) is 6.26 Å². The zero-order valence-corrected chi connectivity index (χ0v) is 18.7. The average Bonchev–Trinajstić information content (AvgIpc) is 3.16. The maximum Gasteiger partial charge on any atom is 0.287 e. The summed E-state index contributed by atoms with van der Waals surface area (Å²) in [6, 6.07) is 3.68. The van der Waals surface area contributed by atoms with Gasteiger partial charge in [-0.2, -0.15) is 0 Å². The molecule has 0 saturated heterocycles. The molecule has 26 heavy (non-hydrogen) atoms. The standard InChI is InChI=1S/C18H33N5O2.HI/c1-5-23(6-2)13-7-9-15(3)22-18(19-4)21-12-11-20-17(24)16-10-8-14-25-16;/h8,10,14-15H,5-7,9,11-13H2,1-4H3,(H,20,24)(H2,19,21,22);1H. The van der Waals surface area contributed by atoms with Gasteiger partial charge >= 0.3 is 0 Å². The van der Waals surface area contributed by atoms with E-state index in [9.17, 15) is 4.79 Å². The molecular weight excluding hydrogens is 445 g/mol. The van der Waals surface area contributed by atoms with E-state index in [4.69, 9.17) is 4.42 Å². The predicted molar refractivity (Wildman–Crippen MR) is 117 cm³/mol. The third-order valence-electron chi connectivity index (χ3n) is 4.06. The van der Waals surface area contributed by atoms with Crippen molar-refractivity contribution in [3.63, 3.8) is 0 Å². The van der Waals surface area contributed by atoms with Crippen LogP contribution in [-0.2, 0) is 0 Å². The number of guanidine groups is 1. The van der Waals surface area contributed by atoms with Gasteiger partial charge in [0.2, 0.25) is 0 Å². The first-order valence-corrected chi connectivity index (χ1v) is 9.11. The Hall–Kier alpha value is -1.29. The fraction of sp³-hybridized carbons (Fsp3) is 0.667. The Labute approximate surface area is 174 Å². The lowest BCUT2D eigenvalue weighted by molar-refractivity contribution is 0.0926. The third kappa shape index (κ3) is 10.0. The van der Waals surface area contributed by atoms with Crippen LogP contribution in [0, 0.1) is 0 Å². The van der Waals surface area contributed by atoms with Crippen molar-refractivity contribution in [2.75, 3.05) is 39.8 Å². The first-order chi connectivity index (χ1) is 12.1. The maximum absolute atomic E-state index is 11.7. The van der Waals surface area contributed by atoms with Gasteiger partial charge in [0, 0.05) is 26.2 Å². The number of carbonyl (C=O) groups is 1. The molecule has 0 spiro atoms. The summed E-state index contributed by atoms with van der Waals surface area (Å²) in [5.74, 6) is 0.867. The lowest BCUT2D eigenvalue weighted by Gasteiger charge is -2.21. The largest absolute Gasteiger partial charge is 0.459 e. The smallest absolute Gasteiger partial charge is 0.287 e. The Bertz CT molecular complexity index is 504. The van der Waals surface area contributed by atoms with Gasteiger partial charge in [0.1, 0.15) is 0 Å². The molecule has 1 aromatic heterocycles. The number of nitrogens with one attached hydrogen (secondary N) is 3. The van der Waals surface area contributed by atoms with Crippen molar-refractivity contribution in [2.24, 2.45) is 4.99 Å². The number of carbonyl (C=O) groups excluding carboxylic acids is 1. The van der Waals surface area contributed by atoms with Crippen LogP contribution in [0.2, 0.25) is 0 Å². The second-order valence-corrected chi connectivity index (χ2v) is 5.95. The number of furan rings is 1. The van der Waals surface area contributed by atoms with Crippen LogP contribution >= 0.6 is 24.0 Å². The molecule has 7 nitrogen and oxygen atoms in total. The molecule has 0 radical (unpaired) electrons. The summed E-state index contributed by atoms with van der Waals surface area (Å²) in [4.78, 5) is 18.4. The Morgan fingerprint density at radius 2 is 1.96 bits per heavy atom. The molecule has 0 fully saturated rings. The minimum Gasteiger partial charge on any atom is -0.459 e. The third-order valence-corrected chi connectivity index (χ3v) is 4.06. The van der Waals surface area contributed by atoms with Crippen molar-refractivity contribution in [1.82, 2.24) is 20.9 Å². The van der Waals surface area contributed by atoms with Gasteiger partial charge in [-0.1, -0.05) is 13.8 Å². The highest BCUT2D eigenvalue weighted by Gasteiger charge is 2.08. The quantitative estimate of drug-likeness (QED) is 0.197. The number of amides is 1. The van der Waals surface area contributed by atoms with Crippen molar-refractivity contribution in [3.05, 3.63) is 24.2 Å². The van der Waals surface area contributed by atoms with Gasteiger partial charge in [0.05, 0.1) is 6.26 Å². The molecule has 1 heterocycles. The number of nitrogens with zero attached hydrogens (tertiary/aromatic N) is 2. The van der Waals surface area contributed by atoms with Gasteiger partial charge in [0.25, 0.3) is 5.91 Å². The Kier molecular flexibility index (Phi) is 14.1. The molecule has 1 aromatic rings. The van der Waals surface area contributed by atoms with E-state index in [1.54, 1.807) is 19.2 Å². The maximum atomic E-state index is 11.7. The summed E-state index contributed by atoms with van der Waals surface area (Å²) in [5.41, 5.74) is 0. The molecule has 0 saturated carbocycles. The minimum atomic E-state index is -0.209. The van der Waals surface area contributed by atoms with Gasteiger partial charge in [-0.3, -0.25) is 9.79 Å². The van der Waals surface area contributed by atoms with Crippen LogP contribution in [0.15, 0.2) is 27.8 Å². The highest BCUT2D eigenvalue weighted by atomic mass is 127. The number of aliphatic imine (C=N–C) groups is 1. The topological polar surface area (TPSA) is 81.9 Å². The van der Waals surface area contributed by atoms with E-state index in [0.717, 1.165) is 38.4 Å². The van der Waals surface area contributed by atoms with Crippen LogP contribution in [0.3, 0.4) is 0 Å². The van der Waals surface area contributed by atoms with Crippen LogP contribution in [0.5, 0.6) is 0 Å². The molecule has 0 aliphatic rings. The molecule has 150 valence electrons. The number of halogens is 1. The van der Waals surface area contributed by atoms with Crippen LogP contribution < -0.4 is 16.0 Å². The molecule has 8 heteroatoms. The van der Waals surface area contributed by atoms with Gasteiger partial charge < -0.3 is 25.3 Å². The van der Waals surface area contributed by atoms with Gasteiger partial charge in [-0.25, -0.2) is 0 Å². The second-order valence-electron chi connectivity index (χ2n) is 5.95. The average molecular weight is 479 g/mol. The number of hydrogen-bond donors (Lipinski definition) is 3. The molecule has 1 atom stereocenters. The van der Waals surface area contributed by atoms with Crippen LogP contribution in [0.1, 0.15) is 44.2 Å². The zero-order chi connectivity index (χ0) is 18.5. The van der Waals surface area contributed by atoms with Crippen LogP contribution in [-0.4, -0.2) is 62.6 Å². The van der Waals surface area contributed by atoms with Gasteiger partial charge in [0.15, 0.2) is 11.7 Å². The Balaban J connectivity index is 0.00000625. The fourth-order valence-electron chi connectivity index (χ4n) is 2.51. The van der Waals surface area contributed by atoms with Gasteiger partial charge in [-0.05, 0) is 51.5 Å². The van der Waals surface area contributed by atoms with Crippen LogP contribution in [0.4, 0.5) is 0 Å². The first-order valence-electron chi connectivity index (χ1n) is 9.11. The molecule has 1 rings (SSSR count). The van der Waals surface area contributed by atoms with E-state index in [2.05, 4.69) is 46.6 Å². The lowest BCUT2D eigenvalue weighted by atomic mass is 10.2. The number of rotatable bonds is 11. The fourth-order valence-corrected chi connectivity index (χ4v) is 2.51. The summed E-state index contributed by atoms with van der Waals surface area (Å²) < 4.78 is 5.05. The van der Waals surface area contributed by atoms with E-state index in [0.29, 0.717) is 24.9 Å². The first kappa shape index (κ1) is 24.7. The molecular formula is C18H34IN5O2. The van der Waals surface area contributed by atoms with E-state index in [1.807, 2.05) is 0 Å². The molecule has 0 bridgehead atoms. The SMILES string of the molecule is CCN(CC)CCCC(C)NC(=NC)NCCNC(=O)c1ccco1.I. The molecule has 0 aromatic carbocycles. The highest BCUT2D eigenvalue weighted by Crippen LogP contribution is 2.00. The summed E-state index contributed by atoms with van der Waals surface area (Å²) in [6.45, 7) is 11.0. The van der Waals surface area contributed by atoms with E-state index in [-0.39, 0.29) is 29.9 Å². The molecule has 1 amide bonds. The van der Waals surface area contributed by atoms with E-state index >= 15 is 0 Å². The molecule has 0 aliphatic heterocycles. The van der Waals surface area contributed by atoms with Crippen molar-refractivity contribution in [2.45, 2.75) is 39.7 Å². The lowest BCUT2D eigenvalue weighted by Crippen LogP contribution is -2.45. The minimum absolute atomic E-state index is 0. The highest BCUT2D eigenvalue weighted by molar-refractivity contribution is 14.0. The van der Waals surface area contributed by atoms with Crippen molar-refractivity contribution in [3.8, 4) is 0 Å². The van der Waals surface area contributed by atoms with Crippen molar-refractivity contribution >= 4 is 35.8 Å².